The Morgan fingerprint density at radius 1 is 0.320 bits per heavy atom. The van der Waals surface area contributed by atoms with Crippen molar-refractivity contribution >= 4 is 53.9 Å². The average Bonchev–Trinajstić information content (AvgIpc) is 3.12. The van der Waals surface area contributed by atoms with Gasteiger partial charge in [-0.15, -0.1) is 0 Å². The molecule has 0 amide bonds. The molecule has 0 radical (unpaired) electrons. The molecule has 0 bridgehead atoms. The van der Waals surface area contributed by atoms with Crippen molar-refractivity contribution in [3.8, 4) is 33.4 Å². The van der Waals surface area contributed by atoms with Gasteiger partial charge in [-0.2, -0.15) is 26.3 Å². The summed E-state index contributed by atoms with van der Waals surface area (Å²) in [5.41, 5.74) is 1.71. The summed E-state index contributed by atoms with van der Waals surface area (Å²) in [6.45, 7) is 0. The molecule has 0 aliphatic carbocycles. The molecule has 0 fully saturated rings. The highest BCUT2D eigenvalue weighted by Crippen LogP contribution is 2.45. The largest absolute Gasteiger partial charge is 0.416 e. The van der Waals surface area contributed by atoms with Crippen LogP contribution in [-0.4, -0.2) is 0 Å². The Bertz CT molecular complexity index is 2680. The van der Waals surface area contributed by atoms with Crippen LogP contribution in [0.15, 0.2) is 146 Å². The first-order valence-electron chi connectivity index (χ1n) is 16.1. The van der Waals surface area contributed by atoms with Crippen LogP contribution in [0.4, 0.5) is 26.3 Å². The number of alkyl halides is 6. The van der Waals surface area contributed by atoms with Crippen LogP contribution < -0.4 is 0 Å². The standard InChI is InChI=1S/C44H24F6/c45-43(46,47)32-22-31(23-33(24-32)44(48,49)50)35-18-14-28-15-19-38-34(17-13-27-16-20-39(35)42(28)41(27)38)25-9-11-26(12-10-25)40-36-7-3-1-5-29(36)21-30-6-2-4-8-37(30)40/h1-24H. The van der Waals surface area contributed by atoms with Gasteiger partial charge < -0.3 is 0 Å². The first-order valence-corrected chi connectivity index (χ1v) is 16.1. The molecule has 242 valence electrons. The van der Waals surface area contributed by atoms with Crippen molar-refractivity contribution in [3.05, 3.63) is 157 Å². The Morgan fingerprint density at radius 2 is 0.760 bits per heavy atom. The van der Waals surface area contributed by atoms with Gasteiger partial charge in [-0.05, 0) is 112 Å². The number of fused-ring (bicyclic) bond motifs is 2. The van der Waals surface area contributed by atoms with Crippen LogP contribution >= 0.6 is 0 Å². The smallest absolute Gasteiger partial charge is 0.166 e. The van der Waals surface area contributed by atoms with Crippen LogP contribution in [0.2, 0.25) is 0 Å². The van der Waals surface area contributed by atoms with E-state index in [0.717, 1.165) is 72.1 Å². The van der Waals surface area contributed by atoms with Crippen molar-refractivity contribution in [1.29, 1.82) is 0 Å². The summed E-state index contributed by atoms with van der Waals surface area (Å²) in [7, 11) is 0. The lowest BCUT2D eigenvalue weighted by atomic mass is 9.86. The molecule has 0 saturated carbocycles. The number of hydrogen-bond acceptors (Lipinski definition) is 0. The summed E-state index contributed by atoms with van der Waals surface area (Å²) < 4.78 is 82.7. The number of hydrogen-bond donors (Lipinski definition) is 0. The summed E-state index contributed by atoms with van der Waals surface area (Å²) in [5, 5.41) is 9.67. The van der Waals surface area contributed by atoms with E-state index in [1.54, 1.807) is 18.2 Å². The van der Waals surface area contributed by atoms with E-state index in [-0.39, 0.29) is 11.6 Å². The molecule has 0 heterocycles. The molecule has 0 nitrogen and oxygen atoms in total. The van der Waals surface area contributed by atoms with Crippen LogP contribution in [0, 0.1) is 0 Å². The van der Waals surface area contributed by atoms with Gasteiger partial charge in [-0.3, -0.25) is 0 Å². The van der Waals surface area contributed by atoms with Gasteiger partial charge in [-0.25, -0.2) is 0 Å². The maximum atomic E-state index is 13.8. The second kappa shape index (κ2) is 10.8. The lowest BCUT2D eigenvalue weighted by Gasteiger charge is -2.18. The van der Waals surface area contributed by atoms with Crippen molar-refractivity contribution in [2.75, 3.05) is 0 Å². The third-order valence-corrected chi connectivity index (χ3v) is 9.82. The fourth-order valence-electron chi connectivity index (χ4n) is 7.56. The van der Waals surface area contributed by atoms with Crippen LogP contribution in [0.1, 0.15) is 11.1 Å². The molecule has 0 N–H and O–H groups in total. The highest BCUT2D eigenvalue weighted by atomic mass is 19.4. The molecule has 50 heavy (non-hydrogen) atoms. The molecule has 0 spiro atoms. The van der Waals surface area contributed by atoms with Crippen molar-refractivity contribution in [2.45, 2.75) is 12.4 Å². The minimum atomic E-state index is -4.94. The van der Waals surface area contributed by atoms with E-state index in [0.29, 0.717) is 10.9 Å². The third kappa shape index (κ3) is 4.78. The van der Waals surface area contributed by atoms with E-state index >= 15 is 0 Å². The van der Waals surface area contributed by atoms with Gasteiger partial charge >= 0.3 is 12.4 Å². The Kier molecular flexibility index (Phi) is 6.53. The monoisotopic (exact) mass is 666 g/mol. The van der Waals surface area contributed by atoms with Gasteiger partial charge in [0.25, 0.3) is 0 Å². The van der Waals surface area contributed by atoms with Gasteiger partial charge in [0, 0.05) is 0 Å². The van der Waals surface area contributed by atoms with E-state index in [2.05, 4.69) is 60.7 Å². The van der Waals surface area contributed by atoms with Gasteiger partial charge in [-0.1, -0.05) is 121 Å². The molecule has 6 heteroatoms. The molecule has 0 aromatic heterocycles. The zero-order chi connectivity index (χ0) is 34.4. The minimum Gasteiger partial charge on any atom is -0.166 e. The maximum Gasteiger partial charge on any atom is 0.416 e. The molecule has 0 atom stereocenters. The lowest BCUT2D eigenvalue weighted by molar-refractivity contribution is -0.143. The summed E-state index contributed by atoms with van der Waals surface area (Å²) in [4.78, 5) is 0. The average molecular weight is 667 g/mol. The molecule has 9 rings (SSSR count). The molecular weight excluding hydrogens is 642 g/mol. The fourth-order valence-corrected chi connectivity index (χ4v) is 7.56. The van der Waals surface area contributed by atoms with E-state index in [9.17, 15) is 26.3 Å². The molecule has 9 aromatic carbocycles. The quantitative estimate of drug-likeness (QED) is 0.100. The summed E-state index contributed by atoms with van der Waals surface area (Å²) in [5.74, 6) is 0. The van der Waals surface area contributed by atoms with Crippen molar-refractivity contribution < 1.29 is 26.3 Å². The minimum absolute atomic E-state index is 0.137. The highest BCUT2D eigenvalue weighted by molar-refractivity contribution is 6.27. The molecule has 0 unspecified atom stereocenters. The predicted molar refractivity (Wildman–Crippen MR) is 191 cm³/mol. The normalized spacial score (nSPS) is 12.6. The van der Waals surface area contributed by atoms with Crippen LogP contribution in [0.3, 0.4) is 0 Å². The lowest BCUT2D eigenvalue weighted by Crippen LogP contribution is -2.11. The van der Waals surface area contributed by atoms with Gasteiger partial charge in [0.05, 0.1) is 11.1 Å². The van der Waals surface area contributed by atoms with Gasteiger partial charge in [0.1, 0.15) is 0 Å². The Morgan fingerprint density at radius 3 is 1.26 bits per heavy atom. The topological polar surface area (TPSA) is 0 Å². The zero-order valence-electron chi connectivity index (χ0n) is 26.1. The summed E-state index contributed by atoms with van der Waals surface area (Å²) in [6, 6.07) is 44.3. The maximum absolute atomic E-state index is 13.8. The van der Waals surface area contributed by atoms with E-state index in [1.165, 1.54) is 10.8 Å². The SMILES string of the molecule is FC(F)(F)c1cc(-c2ccc3ccc4c(-c5ccc(-c6c7ccccc7cc7ccccc67)cc5)ccc5ccc2c3c54)cc(C(F)(F)F)c1. The van der Waals surface area contributed by atoms with Crippen LogP contribution in [-0.2, 0) is 12.4 Å². The van der Waals surface area contributed by atoms with Crippen LogP contribution in [0.25, 0.3) is 87.2 Å². The fraction of sp³-hybridized carbons (Fsp3) is 0.0455. The zero-order valence-corrected chi connectivity index (χ0v) is 26.1. The first kappa shape index (κ1) is 30.2. The number of benzene rings is 9. The summed E-state index contributed by atoms with van der Waals surface area (Å²) >= 11 is 0. The van der Waals surface area contributed by atoms with E-state index in [1.807, 2.05) is 48.5 Å². The Hall–Kier alpha value is -5.88. The molecule has 9 aromatic rings. The number of rotatable bonds is 3. The predicted octanol–water partition coefficient (Wildman–Crippen LogP) is 13.9. The number of halogens is 6. The molecule has 0 aliphatic heterocycles. The van der Waals surface area contributed by atoms with Crippen molar-refractivity contribution in [3.63, 3.8) is 0 Å². The van der Waals surface area contributed by atoms with Crippen LogP contribution in [0.5, 0.6) is 0 Å². The van der Waals surface area contributed by atoms with Crippen molar-refractivity contribution in [2.24, 2.45) is 0 Å². The third-order valence-electron chi connectivity index (χ3n) is 9.82. The molecule has 0 aliphatic rings. The van der Waals surface area contributed by atoms with Gasteiger partial charge in [0.2, 0.25) is 0 Å². The summed E-state index contributed by atoms with van der Waals surface area (Å²) in [6.07, 6.45) is -9.88. The van der Waals surface area contributed by atoms with Gasteiger partial charge in [0.15, 0.2) is 0 Å². The second-order valence-electron chi connectivity index (χ2n) is 12.7. The highest BCUT2D eigenvalue weighted by Gasteiger charge is 2.37. The Labute approximate surface area is 282 Å². The van der Waals surface area contributed by atoms with E-state index < -0.39 is 23.5 Å². The van der Waals surface area contributed by atoms with Crippen molar-refractivity contribution in [1.82, 2.24) is 0 Å². The Balaban J connectivity index is 1.22. The second-order valence-corrected chi connectivity index (χ2v) is 12.7. The van der Waals surface area contributed by atoms with E-state index in [4.69, 9.17) is 0 Å². The molecule has 0 saturated heterocycles. The first-order chi connectivity index (χ1) is 24.0. The molecular formula is C44H24F6.